The van der Waals surface area contributed by atoms with Crippen LogP contribution in [0.2, 0.25) is 0 Å². The van der Waals surface area contributed by atoms with Crippen LogP contribution >= 0.6 is 0 Å². The fraction of sp³-hybridized carbons (Fsp3) is 0.364. The van der Waals surface area contributed by atoms with E-state index in [1.54, 1.807) is 0 Å². The molecular formula is C11H12F3NO2. The van der Waals surface area contributed by atoms with Gasteiger partial charge in [-0.1, -0.05) is 24.3 Å². The summed E-state index contributed by atoms with van der Waals surface area (Å²) >= 11 is 0. The maximum absolute atomic E-state index is 12.2. The van der Waals surface area contributed by atoms with Crippen LogP contribution in [0.3, 0.4) is 0 Å². The van der Waals surface area contributed by atoms with Crippen LogP contribution < -0.4 is 5.73 Å². The highest BCUT2D eigenvalue weighted by molar-refractivity contribution is 5.76. The summed E-state index contributed by atoms with van der Waals surface area (Å²) in [5.41, 5.74) is 5.61. The van der Waals surface area contributed by atoms with Gasteiger partial charge >= 0.3 is 12.1 Å². The number of nitrogens with two attached hydrogens (primary N) is 1. The molecule has 1 rings (SSSR count). The molecule has 6 heteroatoms. The highest BCUT2D eigenvalue weighted by atomic mass is 19.4. The smallest absolute Gasteiger partial charge is 0.393 e. The fourth-order valence-electron chi connectivity index (χ4n) is 1.53. The summed E-state index contributed by atoms with van der Waals surface area (Å²) in [6, 6.07) is 5.42. The number of carboxylic acids is 1. The second kappa shape index (κ2) is 5.18. The van der Waals surface area contributed by atoms with Crippen LogP contribution in [0, 0.1) is 0 Å². The molecule has 0 fully saturated rings. The van der Waals surface area contributed by atoms with Crippen molar-refractivity contribution in [2.45, 2.75) is 18.5 Å². The summed E-state index contributed by atoms with van der Waals surface area (Å²) < 4.78 is 36.5. The third-order valence-corrected chi connectivity index (χ3v) is 2.29. The predicted molar refractivity (Wildman–Crippen MR) is 55.6 cm³/mol. The fourth-order valence-corrected chi connectivity index (χ4v) is 1.53. The van der Waals surface area contributed by atoms with Gasteiger partial charge in [0, 0.05) is 6.54 Å². The first-order chi connectivity index (χ1) is 7.83. The number of hydrogen-bond acceptors (Lipinski definition) is 2. The van der Waals surface area contributed by atoms with Gasteiger partial charge in [0.15, 0.2) is 0 Å². The SMILES string of the molecule is NCC(C(=O)O)c1cccc(CC(F)(F)F)c1. The van der Waals surface area contributed by atoms with Crippen molar-refractivity contribution < 1.29 is 23.1 Å². The number of rotatable bonds is 4. The first-order valence-electron chi connectivity index (χ1n) is 4.92. The van der Waals surface area contributed by atoms with Crippen molar-refractivity contribution in [3.8, 4) is 0 Å². The van der Waals surface area contributed by atoms with Crippen LogP contribution in [0.25, 0.3) is 0 Å². The number of alkyl halides is 3. The zero-order valence-corrected chi connectivity index (χ0v) is 8.87. The summed E-state index contributed by atoms with van der Waals surface area (Å²) in [6.07, 6.45) is -5.38. The lowest BCUT2D eigenvalue weighted by Gasteiger charge is -2.12. The summed E-state index contributed by atoms with van der Waals surface area (Å²) in [5, 5.41) is 8.85. The summed E-state index contributed by atoms with van der Waals surface area (Å²) in [5.74, 6) is -2.11. The molecule has 0 amide bonds. The second-order valence-corrected chi connectivity index (χ2v) is 3.66. The maximum atomic E-state index is 12.2. The molecule has 0 radical (unpaired) electrons. The van der Waals surface area contributed by atoms with E-state index in [1.165, 1.54) is 24.3 Å². The van der Waals surface area contributed by atoms with Gasteiger partial charge in [-0.2, -0.15) is 13.2 Å². The molecule has 0 saturated heterocycles. The first kappa shape index (κ1) is 13.5. The Bertz CT molecular complexity index is 404. The Morgan fingerprint density at radius 1 is 1.41 bits per heavy atom. The van der Waals surface area contributed by atoms with Crippen LogP contribution in [-0.4, -0.2) is 23.8 Å². The zero-order valence-electron chi connectivity index (χ0n) is 8.87. The minimum absolute atomic E-state index is 0.0368. The van der Waals surface area contributed by atoms with Crippen molar-refractivity contribution in [3.05, 3.63) is 35.4 Å². The molecule has 0 heterocycles. The van der Waals surface area contributed by atoms with E-state index in [9.17, 15) is 18.0 Å². The normalized spacial score (nSPS) is 13.4. The van der Waals surface area contributed by atoms with Crippen LogP contribution in [0.4, 0.5) is 13.2 Å². The lowest BCUT2D eigenvalue weighted by atomic mass is 9.96. The van der Waals surface area contributed by atoms with Gasteiger partial charge in [0.1, 0.15) is 0 Å². The van der Waals surface area contributed by atoms with Gasteiger partial charge in [0.25, 0.3) is 0 Å². The number of carboxylic acid groups (broad SMARTS) is 1. The van der Waals surface area contributed by atoms with Gasteiger partial charge < -0.3 is 10.8 Å². The van der Waals surface area contributed by atoms with E-state index in [0.717, 1.165) is 0 Å². The lowest BCUT2D eigenvalue weighted by Crippen LogP contribution is -2.21. The Morgan fingerprint density at radius 3 is 2.53 bits per heavy atom. The molecule has 1 unspecified atom stereocenters. The minimum atomic E-state index is -4.31. The van der Waals surface area contributed by atoms with Gasteiger partial charge in [-0.25, -0.2) is 0 Å². The number of benzene rings is 1. The molecule has 3 N–H and O–H groups in total. The zero-order chi connectivity index (χ0) is 13.1. The molecule has 3 nitrogen and oxygen atoms in total. The molecule has 94 valence electrons. The third-order valence-electron chi connectivity index (χ3n) is 2.29. The van der Waals surface area contributed by atoms with Crippen molar-refractivity contribution >= 4 is 5.97 Å². The Hall–Kier alpha value is -1.56. The highest BCUT2D eigenvalue weighted by Gasteiger charge is 2.28. The molecule has 0 aromatic heterocycles. The predicted octanol–water partition coefficient (Wildman–Crippen LogP) is 1.92. The number of hydrogen-bond donors (Lipinski definition) is 2. The van der Waals surface area contributed by atoms with Gasteiger partial charge in [-0.15, -0.1) is 0 Å². The average molecular weight is 247 g/mol. The average Bonchev–Trinajstić information content (AvgIpc) is 2.15. The Labute approximate surface area is 96.0 Å². The van der Waals surface area contributed by atoms with E-state index < -0.39 is 24.5 Å². The van der Waals surface area contributed by atoms with E-state index in [0.29, 0.717) is 5.56 Å². The topological polar surface area (TPSA) is 63.3 Å². The second-order valence-electron chi connectivity index (χ2n) is 3.66. The Kier molecular flexibility index (Phi) is 4.11. The summed E-state index contributed by atoms with van der Waals surface area (Å²) in [4.78, 5) is 10.8. The van der Waals surface area contributed by atoms with Gasteiger partial charge in [-0.3, -0.25) is 4.79 Å². The first-order valence-corrected chi connectivity index (χ1v) is 4.92. The minimum Gasteiger partial charge on any atom is -0.481 e. The van der Waals surface area contributed by atoms with Crippen LogP contribution in [0.15, 0.2) is 24.3 Å². The molecule has 0 bridgehead atoms. The number of halogens is 3. The quantitative estimate of drug-likeness (QED) is 0.854. The number of aliphatic carboxylic acids is 1. The van der Waals surface area contributed by atoms with E-state index in [4.69, 9.17) is 10.8 Å². The third kappa shape index (κ3) is 4.07. The van der Waals surface area contributed by atoms with E-state index in [2.05, 4.69) is 0 Å². The van der Waals surface area contributed by atoms with Crippen LogP contribution in [0.1, 0.15) is 17.0 Å². The van der Waals surface area contributed by atoms with Crippen molar-refractivity contribution in [2.75, 3.05) is 6.54 Å². The summed E-state index contributed by atoms with van der Waals surface area (Å²) in [7, 11) is 0. The van der Waals surface area contributed by atoms with Crippen molar-refractivity contribution in [1.29, 1.82) is 0 Å². The van der Waals surface area contributed by atoms with Crippen molar-refractivity contribution in [3.63, 3.8) is 0 Å². The van der Waals surface area contributed by atoms with E-state index in [-0.39, 0.29) is 12.1 Å². The Balaban J connectivity index is 2.96. The molecular weight excluding hydrogens is 235 g/mol. The van der Waals surface area contributed by atoms with Crippen molar-refractivity contribution in [1.82, 2.24) is 0 Å². The monoisotopic (exact) mass is 247 g/mol. The molecule has 1 aromatic carbocycles. The molecule has 0 aliphatic carbocycles. The van der Waals surface area contributed by atoms with Crippen LogP contribution in [-0.2, 0) is 11.2 Å². The maximum Gasteiger partial charge on any atom is 0.393 e. The molecule has 0 aliphatic heterocycles. The molecule has 0 saturated carbocycles. The van der Waals surface area contributed by atoms with Crippen LogP contribution in [0.5, 0.6) is 0 Å². The molecule has 17 heavy (non-hydrogen) atoms. The van der Waals surface area contributed by atoms with E-state index in [1.807, 2.05) is 0 Å². The molecule has 1 aromatic rings. The number of carbonyl (C=O) groups is 1. The standard InChI is InChI=1S/C11H12F3NO2/c12-11(13,14)5-7-2-1-3-8(4-7)9(6-15)10(16)17/h1-4,9H,5-6,15H2,(H,16,17). The lowest BCUT2D eigenvalue weighted by molar-refractivity contribution is -0.138. The highest BCUT2D eigenvalue weighted by Crippen LogP contribution is 2.23. The molecule has 1 atom stereocenters. The van der Waals surface area contributed by atoms with Crippen molar-refractivity contribution in [2.24, 2.45) is 5.73 Å². The Morgan fingerprint density at radius 2 is 2.06 bits per heavy atom. The van der Waals surface area contributed by atoms with Gasteiger partial charge in [0.05, 0.1) is 12.3 Å². The van der Waals surface area contributed by atoms with Gasteiger partial charge in [-0.05, 0) is 11.1 Å². The summed E-state index contributed by atoms with van der Waals surface area (Å²) in [6.45, 7) is -0.148. The molecule has 0 aliphatic rings. The largest absolute Gasteiger partial charge is 0.481 e. The van der Waals surface area contributed by atoms with Gasteiger partial charge in [0.2, 0.25) is 0 Å². The van der Waals surface area contributed by atoms with E-state index >= 15 is 0 Å². The molecule has 0 spiro atoms.